The van der Waals surface area contributed by atoms with Gasteiger partial charge in [-0.15, -0.1) is 0 Å². The van der Waals surface area contributed by atoms with Gasteiger partial charge in [-0.1, -0.05) is 0 Å². The Morgan fingerprint density at radius 3 is 3.00 bits per heavy atom. The lowest BCUT2D eigenvalue weighted by Crippen LogP contribution is -2.56. The van der Waals surface area contributed by atoms with Crippen molar-refractivity contribution in [1.82, 2.24) is 14.6 Å². The Morgan fingerprint density at radius 1 is 1.56 bits per heavy atom. The molecular weight excluding hydrogens is 259 g/mol. The molecule has 1 aromatic rings. The minimum absolute atomic E-state index is 0.136. The van der Waals surface area contributed by atoms with Gasteiger partial charge in [-0.05, 0) is 6.07 Å². The van der Waals surface area contributed by atoms with E-state index < -0.39 is 15.8 Å². The van der Waals surface area contributed by atoms with Crippen molar-refractivity contribution in [2.24, 2.45) is 5.73 Å². The van der Waals surface area contributed by atoms with E-state index in [1.165, 1.54) is 4.31 Å². The molecule has 0 bridgehead atoms. The highest BCUT2D eigenvalue weighted by Gasteiger charge is 2.32. The highest BCUT2D eigenvalue weighted by molar-refractivity contribution is 7.89. The zero-order valence-electron chi connectivity index (χ0n) is 9.71. The van der Waals surface area contributed by atoms with E-state index >= 15 is 0 Å². The molecule has 1 saturated heterocycles. The van der Waals surface area contributed by atoms with E-state index in [2.05, 4.69) is 10.3 Å². The first-order chi connectivity index (χ1) is 8.55. The number of piperazine rings is 1. The molecule has 0 radical (unpaired) electrons. The predicted octanol–water partition coefficient (Wildman–Crippen LogP) is -0.858. The van der Waals surface area contributed by atoms with E-state index in [0.29, 0.717) is 19.6 Å². The summed E-state index contributed by atoms with van der Waals surface area (Å²) >= 11 is 0. The Hall–Kier alpha value is -1.09. The second-order valence-corrected chi connectivity index (χ2v) is 5.94. The number of aromatic nitrogens is 1. The van der Waals surface area contributed by atoms with Gasteiger partial charge < -0.3 is 11.1 Å². The van der Waals surface area contributed by atoms with E-state index in [1.807, 2.05) is 0 Å². The van der Waals surface area contributed by atoms with E-state index in [4.69, 9.17) is 5.73 Å². The second-order valence-electron chi connectivity index (χ2n) is 4.05. The summed E-state index contributed by atoms with van der Waals surface area (Å²) in [6.45, 7) is 1.59. The maximum atomic E-state index is 13.1. The first kappa shape index (κ1) is 13.3. The van der Waals surface area contributed by atoms with Crippen LogP contribution in [0.3, 0.4) is 0 Å². The molecule has 6 nitrogen and oxygen atoms in total. The average Bonchev–Trinajstić information content (AvgIpc) is 2.38. The van der Waals surface area contributed by atoms with Crippen LogP contribution < -0.4 is 11.1 Å². The van der Waals surface area contributed by atoms with Crippen molar-refractivity contribution in [2.45, 2.75) is 10.9 Å². The molecule has 0 spiro atoms. The van der Waals surface area contributed by atoms with Crippen molar-refractivity contribution in [3.8, 4) is 0 Å². The average molecular weight is 274 g/mol. The number of nitrogens with two attached hydrogens (primary N) is 1. The Morgan fingerprint density at radius 2 is 2.33 bits per heavy atom. The summed E-state index contributed by atoms with van der Waals surface area (Å²) in [4.78, 5) is 3.43. The fourth-order valence-corrected chi connectivity index (χ4v) is 3.54. The van der Waals surface area contributed by atoms with Gasteiger partial charge in [-0.2, -0.15) is 4.31 Å². The summed E-state index contributed by atoms with van der Waals surface area (Å²) in [5, 5.41) is 3.07. The molecule has 1 fully saturated rings. The lowest BCUT2D eigenvalue weighted by Gasteiger charge is -2.34. The van der Waals surface area contributed by atoms with Gasteiger partial charge >= 0.3 is 0 Å². The number of nitrogens with one attached hydrogen (secondary N) is 1. The van der Waals surface area contributed by atoms with Crippen molar-refractivity contribution >= 4 is 10.0 Å². The predicted molar refractivity (Wildman–Crippen MR) is 63.8 cm³/mol. The lowest BCUT2D eigenvalue weighted by atomic mass is 10.2. The third-order valence-corrected chi connectivity index (χ3v) is 4.77. The zero-order valence-corrected chi connectivity index (χ0v) is 10.5. The highest BCUT2D eigenvalue weighted by Crippen LogP contribution is 2.18. The van der Waals surface area contributed by atoms with Crippen LogP contribution >= 0.6 is 0 Å². The fourth-order valence-electron chi connectivity index (χ4n) is 1.93. The monoisotopic (exact) mass is 274 g/mol. The second kappa shape index (κ2) is 5.27. The number of hydrogen-bond donors (Lipinski definition) is 2. The molecular formula is C10H15FN4O2S. The summed E-state index contributed by atoms with van der Waals surface area (Å²) < 4.78 is 39.1. The molecule has 0 aliphatic carbocycles. The lowest BCUT2D eigenvalue weighted by molar-refractivity contribution is 0.272. The number of sulfonamides is 1. The molecule has 0 aromatic carbocycles. The quantitative estimate of drug-likeness (QED) is 0.749. The van der Waals surface area contributed by atoms with Gasteiger partial charge in [0.2, 0.25) is 10.0 Å². The SMILES string of the molecule is NCC1CNCCN1S(=O)(=O)c1cncc(F)c1. The van der Waals surface area contributed by atoms with Gasteiger partial charge in [-0.25, -0.2) is 12.8 Å². The first-order valence-electron chi connectivity index (χ1n) is 5.59. The third-order valence-electron chi connectivity index (χ3n) is 2.85. The summed E-state index contributed by atoms with van der Waals surface area (Å²) in [6, 6.07) is 0.657. The molecule has 2 rings (SSSR count). The number of pyridine rings is 1. The summed E-state index contributed by atoms with van der Waals surface area (Å²) in [6.07, 6.45) is 2.12. The zero-order chi connectivity index (χ0) is 13.2. The molecule has 18 heavy (non-hydrogen) atoms. The van der Waals surface area contributed by atoms with Gasteiger partial charge in [0, 0.05) is 38.4 Å². The molecule has 2 heterocycles. The summed E-state index contributed by atoms with van der Waals surface area (Å²) in [7, 11) is -3.73. The minimum Gasteiger partial charge on any atom is -0.329 e. The molecule has 1 aromatic heterocycles. The summed E-state index contributed by atoms with van der Waals surface area (Å²) in [5.41, 5.74) is 5.56. The van der Waals surface area contributed by atoms with Crippen molar-refractivity contribution in [2.75, 3.05) is 26.2 Å². The van der Waals surface area contributed by atoms with Gasteiger partial charge in [-0.3, -0.25) is 4.98 Å². The highest BCUT2D eigenvalue weighted by atomic mass is 32.2. The van der Waals surface area contributed by atoms with E-state index in [-0.39, 0.29) is 17.5 Å². The van der Waals surface area contributed by atoms with Crippen LogP contribution in [-0.4, -0.2) is 49.9 Å². The Kier molecular flexibility index (Phi) is 3.91. The molecule has 1 aliphatic heterocycles. The topological polar surface area (TPSA) is 88.3 Å². The summed E-state index contributed by atoms with van der Waals surface area (Å²) in [5.74, 6) is -0.671. The van der Waals surface area contributed by atoms with Gasteiger partial charge in [0.05, 0.1) is 6.20 Å². The smallest absolute Gasteiger partial charge is 0.245 e. The maximum Gasteiger partial charge on any atom is 0.245 e. The Balaban J connectivity index is 2.35. The van der Waals surface area contributed by atoms with Gasteiger partial charge in [0.1, 0.15) is 10.7 Å². The molecule has 8 heteroatoms. The van der Waals surface area contributed by atoms with Crippen molar-refractivity contribution in [1.29, 1.82) is 0 Å². The number of nitrogens with zero attached hydrogens (tertiary/aromatic N) is 2. The normalized spacial score (nSPS) is 22.0. The van der Waals surface area contributed by atoms with E-state index in [1.54, 1.807) is 0 Å². The number of halogens is 1. The van der Waals surface area contributed by atoms with Crippen molar-refractivity contribution in [3.05, 3.63) is 24.3 Å². The van der Waals surface area contributed by atoms with Crippen molar-refractivity contribution < 1.29 is 12.8 Å². The van der Waals surface area contributed by atoms with Crippen molar-refractivity contribution in [3.63, 3.8) is 0 Å². The minimum atomic E-state index is -3.73. The molecule has 1 unspecified atom stereocenters. The van der Waals surface area contributed by atoms with Gasteiger partial charge in [0.15, 0.2) is 0 Å². The fraction of sp³-hybridized carbons (Fsp3) is 0.500. The van der Waals surface area contributed by atoms with Crippen LogP contribution in [0.2, 0.25) is 0 Å². The van der Waals surface area contributed by atoms with Crippen LogP contribution in [0.1, 0.15) is 0 Å². The standard InChI is InChI=1S/C10H15FN4O2S/c11-8-3-10(7-14-5-8)18(16,17)15-2-1-13-6-9(15)4-12/h3,5,7,9,13H,1-2,4,6,12H2. The molecule has 0 amide bonds. The third kappa shape index (κ3) is 2.51. The Bertz CT molecular complexity index is 522. The van der Waals surface area contributed by atoms with Crippen LogP contribution in [0.15, 0.2) is 23.4 Å². The molecule has 1 aliphatic rings. The maximum absolute atomic E-state index is 13.1. The van der Waals surface area contributed by atoms with E-state index in [0.717, 1.165) is 18.5 Å². The Labute approximate surface area is 105 Å². The molecule has 100 valence electrons. The van der Waals surface area contributed by atoms with Gasteiger partial charge in [0.25, 0.3) is 0 Å². The van der Waals surface area contributed by atoms with E-state index in [9.17, 15) is 12.8 Å². The van der Waals surface area contributed by atoms with Crippen LogP contribution in [0, 0.1) is 5.82 Å². The molecule has 0 saturated carbocycles. The van der Waals surface area contributed by atoms with Crippen LogP contribution in [0.5, 0.6) is 0 Å². The van der Waals surface area contributed by atoms with Crippen LogP contribution in [-0.2, 0) is 10.0 Å². The molecule has 1 atom stereocenters. The number of hydrogen-bond acceptors (Lipinski definition) is 5. The largest absolute Gasteiger partial charge is 0.329 e. The van der Waals surface area contributed by atoms with Crippen LogP contribution in [0.4, 0.5) is 4.39 Å². The van der Waals surface area contributed by atoms with Crippen LogP contribution in [0.25, 0.3) is 0 Å². The first-order valence-corrected chi connectivity index (χ1v) is 7.03. The number of rotatable bonds is 3. The molecule has 3 N–H and O–H groups in total.